The van der Waals surface area contributed by atoms with E-state index in [-0.39, 0.29) is 55.7 Å². The van der Waals surface area contributed by atoms with Crippen molar-refractivity contribution in [2.24, 2.45) is 17.8 Å². The van der Waals surface area contributed by atoms with Gasteiger partial charge < -0.3 is 35.6 Å². The first kappa shape index (κ1) is 37.6. The molecule has 2 fully saturated rings. The first-order valence-corrected chi connectivity index (χ1v) is 18.3. The average Bonchev–Trinajstić information content (AvgIpc) is 4.04. The molecule has 5 amide bonds. The number of nitrogens with zero attached hydrogens (tertiary/aromatic N) is 1. The van der Waals surface area contributed by atoms with Crippen molar-refractivity contribution in [1.29, 1.82) is 0 Å². The van der Waals surface area contributed by atoms with Crippen LogP contribution in [0.1, 0.15) is 70.4 Å². The fourth-order valence-electron chi connectivity index (χ4n) is 6.36. The van der Waals surface area contributed by atoms with Crippen molar-refractivity contribution in [3.05, 3.63) is 59.7 Å². The van der Waals surface area contributed by atoms with E-state index in [2.05, 4.69) is 35.1 Å². The third kappa shape index (κ3) is 12.0. The highest BCUT2D eigenvalue weighted by atomic mass is 16.5. The zero-order chi connectivity index (χ0) is 36.5. The van der Waals surface area contributed by atoms with E-state index in [1.54, 1.807) is 38.3 Å². The molecule has 2 saturated carbocycles. The Morgan fingerprint density at radius 3 is 2.24 bits per heavy atom. The van der Waals surface area contributed by atoms with Gasteiger partial charge in [-0.1, -0.05) is 38.1 Å². The molecule has 0 saturated heterocycles. The molecule has 12 nitrogen and oxygen atoms in total. The van der Waals surface area contributed by atoms with Crippen LogP contribution in [0.4, 0.5) is 0 Å². The van der Waals surface area contributed by atoms with Gasteiger partial charge in [-0.2, -0.15) is 0 Å². The lowest BCUT2D eigenvalue weighted by Gasteiger charge is -2.29. The van der Waals surface area contributed by atoms with Gasteiger partial charge in [0, 0.05) is 25.8 Å². The fourth-order valence-corrected chi connectivity index (χ4v) is 6.36. The molecule has 0 unspecified atom stereocenters. The molecule has 51 heavy (non-hydrogen) atoms. The minimum absolute atomic E-state index is 0.128. The zero-order valence-corrected chi connectivity index (χ0v) is 30.2. The standard InChI is InChI=1S/C39H53N5O7/c1-24(2)17-30-23-51-32-15-11-27(12-16-32)18-33(42-35(45)20-28-5-6-28)38(48)43-34(19-26-9-13-31(50-4)14-10-26)37(47)40-25(3)39(49)44(21-29-7-8-29)22-36(46)41-30/h9-16,24-25,28-30,33-34H,5-8,17-23H2,1-4H3,(H,40,47)(H,41,46)(H,42,45)(H,43,48)/t25-,30+,33+,34+/m1/s1. The number of hydrogen-bond donors (Lipinski definition) is 4. The molecule has 2 aliphatic heterocycles. The smallest absolute Gasteiger partial charge is 0.245 e. The Balaban J connectivity index is 1.44. The number of methoxy groups -OCH3 is 1. The highest BCUT2D eigenvalue weighted by Crippen LogP contribution is 2.32. The summed E-state index contributed by atoms with van der Waals surface area (Å²) in [5.74, 6) is 0.231. The van der Waals surface area contributed by atoms with Crippen LogP contribution in [0.5, 0.6) is 11.5 Å². The van der Waals surface area contributed by atoms with E-state index in [9.17, 15) is 24.0 Å². The van der Waals surface area contributed by atoms with Crippen LogP contribution in [0.15, 0.2) is 48.5 Å². The molecular weight excluding hydrogens is 650 g/mol. The van der Waals surface area contributed by atoms with Crippen LogP contribution in [-0.2, 0) is 36.8 Å². The molecule has 2 aromatic carbocycles. The topological polar surface area (TPSA) is 155 Å². The van der Waals surface area contributed by atoms with E-state index >= 15 is 0 Å². The largest absolute Gasteiger partial charge is 0.497 e. The maximum absolute atomic E-state index is 14.0. The maximum atomic E-state index is 14.0. The summed E-state index contributed by atoms with van der Waals surface area (Å²) in [5, 5.41) is 11.7. The van der Waals surface area contributed by atoms with Crippen LogP contribution < -0.4 is 30.7 Å². The Labute approximate surface area is 300 Å². The third-order valence-electron chi connectivity index (χ3n) is 9.54. The molecule has 6 rings (SSSR count). The van der Waals surface area contributed by atoms with Gasteiger partial charge in [-0.3, -0.25) is 24.0 Å². The molecule has 4 N–H and O–H groups in total. The number of hydrogen-bond acceptors (Lipinski definition) is 7. The molecule has 2 heterocycles. The number of rotatable bonds is 10. The predicted molar refractivity (Wildman–Crippen MR) is 192 cm³/mol. The van der Waals surface area contributed by atoms with Crippen LogP contribution in [-0.4, -0.2) is 85.4 Å². The second-order valence-corrected chi connectivity index (χ2v) is 14.8. The number of ether oxygens (including phenoxy) is 2. The van der Waals surface area contributed by atoms with Gasteiger partial charge in [0.05, 0.1) is 19.7 Å². The van der Waals surface area contributed by atoms with Crippen molar-refractivity contribution in [3.63, 3.8) is 0 Å². The number of benzene rings is 2. The number of nitrogens with one attached hydrogen (secondary N) is 4. The van der Waals surface area contributed by atoms with E-state index in [0.29, 0.717) is 42.7 Å². The Morgan fingerprint density at radius 1 is 0.922 bits per heavy atom. The summed E-state index contributed by atoms with van der Waals surface area (Å²) in [7, 11) is 1.56. The molecule has 12 heteroatoms. The summed E-state index contributed by atoms with van der Waals surface area (Å²) in [4.78, 5) is 69.7. The van der Waals surface area contributed by atoms with Crippen molar-refractivity contribution >= 4 is 29.5 Å². The van der Waals surface area contributed by atoms with Crippen molar-refractivity contribution < 1.29 is 33.4 Å². The van der Waals surface area contributed by atoms with E-state index in [0.717, 1.165) is 36.8 Å². The van der Waals surface area contributed by atoms with Crippen LogP contribution in [0.2, 0.25) is 0 Å². The molecule has 4 atom stereocenters. The van der Waals surface area contributed by atoms with Crippen LogP contribution in [0.25, 0.3) is 0 Å². The molecule has 4 aliphatic rings. The molecule has 0 spiro atoms. The average molecular weight is 704 g/mol. The maximum Gasteiger partial charge on any atom is 0.245 e. The Bertz CT molecular complexity index is 1520. The summed E-state index contributed by atoms with van der Waals surface area (Å²) in [6.45, 7) is 6.25. The minimum Gasteiger partial charge on any atom is -0.497 e. The lowest BCUT2D eigenvalue weighted by molar-refractivity contribution is -0.140. The Kier molecular flexibility index (Phi) is 13.0. The SMILES string of the molecule is COc1ccc(C[C@@H]2NC(=O)[C@@H](NC(=O)CC3CC3)Cc3ccc(cc3)OC[C@H](CC(C)C)NC(=O)CN(CC3CC3)C(=O)[C@@H](C)NC2=O)cc1. The van der Waals surface area contributed by atoms with Crippen molar-refractivity contribution in [2.45, 2.75) is 96.3 Å². The van der Waals surface area contributed by atoms with Gasteiger partial charge >= 0.3 is 0 Å². The fraction of sp³-hybridized carbons (Fsp3) is 0.564. The van der Waals surface area contributed by atoms with Gasteiger partial charge in [-0.25, -0.2) is 0 Å². The Morgan fingerprint density at radius 2 is 1.61 bits per heavy atom. The molecule has 2 bridgehead atoms. The highest BCUT2D eigenvalue weighted by molar-refractivity contribution is 5.95. The summed E-state index contributed by atoms with van der Waals surface area (Å²) >= 11 is 0. The van der Waals surface area contributed by atoms with Gasteiger partial charge in [-0.05, 0) is 92.2 Å². The quantitative estimate of drug-likeness (QED) is 0.278. The molecule has 0 aromatic heterocycles. The Hall–Kier alpha value is -4.61. The first-order valence-electron chi connectivity index (χ1n) is 18.3. The predicted octanol–water partition coefficient (Wildman–Crippen LogP) is 2.92. The second kappa shape index (κ2) is 17.5. The number of carbonyl (C=O) groups is 5. The lowest BCUT2D eigenvalue weighted by Crippen LogP contribution is -2.58. The second-order valence-electron chi connectivity index (χ2n) is 14.8. The van der Waals surface area contributed by atoms with Crippen molar-refractivity contribution in [1.82, 2.24) is 26.2 Å². The van der Waals surface area contributed by atoms with Crippen LogP contribution >= 0.6 is 0 Å². The first-order chi connectivity index (χ1) is 24.4. The third-order valence-corrected chi connectivity index (χ3v) is 9.54. The van der Waals surface area contributed by atoms with E-state index in [1.807, 2.05) is 24.3 Å². The molecule has 276 valence electrons. The van der Waals surface area contributed by atoms with Gasteiger partial charge in [0.25, 0.3) is 0 Å². The molecule has 2 aromatic rings. The molecule has 0 radical (unpaired) electrons. The normalized spacial score (nSPS) is 23.9. The number of fused-ring (bicyclic) bond motifs is 17. The molecular formula is C39H53N5O7. The van der Waals surface area contributed by atoms with Gasteiger partial charge in [0.1, 0.15) is 36.2 Å². The van der Waals surface area contributed by atoms with Gasteiger partial charge in [0.2, 0.25) is 29.5 Å². The molecule has 2 aliphatic carbocycles. The lowest BCUT2D eigenvalue weighted by atomic mass is 10.0. The summed E-state index contributed by atoms with van der Waals surface area (Å²) in [6, 6.07) is 11.2. The van der Waals surface area contributed by atoms with Crippen molar-refractivity contribution in [3.8, 4) is 11.5 Å². The van der Waals surface area contributed by atoms with Gasteiger partial charge in [0.15, 0.2) is 0 Å². The summed E-state index contributed by atoms with van der Waals surface area (Å²) in [6.07, 6.45) is 5.28. The summed E-state index contributed by atoms with van der Waals surface area (Å²) < 4.78 is 11.4. The minimum atomic E-state index is -1.07. The van der Waals surface area contributed by atoms with Crippen LogP contribution in [0.3, 0.4) is 0 Å². The van der Waals surface area contributed by atoms with E-state index < -0.39 is 29.9 Å². The summed E-state index contributed by atoms with van der Waals surface area (Å²) in [5.41, 5.74) is 1.55. The van der Waals surface area contributed by atoms with E-state index in [4.69, 9.17) is 9.47 Å². The number of carbonyl (C=O) groups excluding carboxylic acids is 5. The highest BCUT2D eigenvalue weighted by Gasteiger charge is 2.34. The van der Waals surface area contributed by atoms with Crippen LogP contribution in [0, 0.1) is 17.8 Å². The van der Waals surface area contributed by atoms with E-state index in [1.165, 1.54) is 4.90 Å². The monoisotopic (exact) mass is 703 g/mol. The zero-order valence-electron chi connectivity index (χ0n) is 30.2. The van der Waals surface area contributed by atoms with Gasteiger partial charge in [-0.15, -0.1) is 0 Å². The van der Waals surface area contributed by atoms with Crippen molar-refractivity contribution in [2.75, 3.05) is 26.8 Å². The number of amides is 5.